The van der Waals surface area contributed by atoms with Gasteiger partial charge in [-0.1, -0.05) is 300 Å². The van der Waals surface area contributed by atoms with Crippen molar-refractivity contribution in [1.29, 1.82) is 0 Å². The maximum absolute atomic E-state index is 11.6. The van der Waals surface area contributed by atoms with Crippen molar-refractivity contribution in [3.05, 3.63) is 341 Å². The molecule has 6 aliphatic carbocycles. The molecule has 4 bridgehead atoms. The van der Waals surface area contributed by atoms with E-state index < -0.39 is 6.09 Å². The second-order valence-corrected chi connectivity index (χ2v) is 40.0. The monoisotopic (exact) mass is 1810 g/mol. The summed E-state index contributed by atoms with van der Waals surface area (Å²) >= 11 is 1.79. The van der Waals surface area contributed by atoms with Crippen LogP contribution in [0.5, 0.6) is 0 Å². The van der Waals surface area contributed by atoms with Gasteiger partial charge in [0.05, 0.1) is 81.4 Å². The zero-order valence-corrected chi connectivity index (χ0v) is 82.6. The van der Waals surface area contributed by atoms with Gasteiger partial charge in [0.2, 0.25) is 0 Å². The lowest BCUT2D eigenvalue weighted by Gasteiger charge is -2.23. The molecule has 1 amide bonds. The molecular formula is C121H156N2O9S. The number of fused-ring (bicyclic) bond motifs is 6. The van der Waals surface area contributed by atoms with Gasteiger partial charge >= 0.3 is 6.09 Å². The van der Waals surface area contributed by atoms with Crippen LogP contribution in [0.4, 0.5) is 10.5 Å². The number of amides is 1. The van der Waals surface area contributed by atoms with Gasteiger partial charge < -0.3 is 42.5 Å². The summed E-state index contributed by atoms with van der Waals surface area (Å²) in [6.45, 7) is 23.5. The highest BCUT2D eigenvalue weighted by Gasteiger charge is 2.41. The summed E-state index contributed by atoms with van der Waals surface area (Å²) in [5.74, 6) is 6.56. The summed E-state index contributed by atoms with van der Waals surface area (Å²) < 4.78 is 49.0. The van der Waals surface area contributed by atoms with Crippen LogP contribution >= 0.6 is 11.3 Å². The summed E-state index contributed by atoms with van der Waals surface area (Å²) in [5, 5.41) is 10.1. The molecule has 18 rings (SSSR count). The summed E-state index contributed by atoms with van der Waals surface area (Å²) in [4.78, 5) is 12.9. The number of thiophene rings is 1. The van der Waals surface area contributed by atoms with Crippen molar-refractivity contribution in [3.8, 4) is 11.1 Å². The molecular weight excluding hydrogens is 1660 g/mol. The standard InChI is InChI=1S/C22H28O.C18H21NO3.C18H22O.C17H24O.C16H25NO.C16H20O.C14H16OS/c1-18(23-17-20-8-4-2-5-9-20)16-19-12-14-22(15-13-19)21-10-6-3-7-11-21;1-15(14-16-8-4-2-5-9-16)21-12-13-22-18(20)19-17-10-6-3-7-11-17;1-14(19-17-10-3-4-11-17)13-16-9-6-8-15-7-2-5-12-18(15)16;1-13(9-14-5-3-2-4-6-14)18-12-17-11-15-7-8-16(17)10-15;1-12(8-16-4-3-7-17(16)2)18-11-15-10-13-5-6-14(15)9-13;1-12(2)17-13(3)11-15-9-6-8-14-7-4-5-10-16(14)15;1-12(10-14-8-5-9-16-14)15-11-13-6-3-2-4-7-13/h3,6-7,10-15,18,20H,2,4-5,8-9,16-17H2,1H3;2-11,15H,12-14H2,1H3,(H,19,20);2,5-9,12,14,17H,3-4,10-11,13H2,1H3;2-6,13,15-17H,7-12H2,1H3;3-4,7,12-15H,5-6,8-11H2,1-2H3;4-10,12-13H,11H2,1-3H3;2-9,12H,10-11H2,1H3. The molecule has 2 heterocycles. The lowest BCUT2D eigenvalue weighted by Crippen LogP contribution is -2.22. The fourth-order valence-corrected chi connectivity index (χ4v) is 21.3. The van der Waals surface area contributed by atoms with E-state index in [2.05, 4.69) is 302 Å². The number of para-hydroxylation sites is 1. The molecule has 6 aliphatic rings. The topological polar surface area (TPSA) is 108 Å². The van der Waals surface area contributed by atoms with Gasteiger partial charge in [0, 0.05) is 49.0 Å². The number of hydrogen-bond acceptors (Lipinski definition) is 10. The van der Waals surface area contributed by atoms with Gasteiger partial charge in [-0.2, -0.15) is 0 Å². The van der Waals surface area contributed by atoms with Crippen molar-refractivity contribution >= 4 is 44.7 Å². The number of hydrogen-bond donors (Lipinski definition) is 1. The number of carbonyl (C=O) groups excluding carboxylic acids is 1. The zero-order valence-electron chi connectivity index (χ0n) is 81.8. The molecule has 13 atom stereocenters. The Labute approximate surface area is 803 Å². The molecule has 0 spiro atoms. The molecule has 0 aliphatic heterocycles. The van der Waals surface area contributed by atoms with Crippen LogP contribution in [0.3, 0.4) is 0 Å². The van der Waals surface area contributed by atoms with E-state index in [0.717, 1.165) is 106 Å². The number of nitrogens with zero attached hydrogens (tertiary/aromatic N) is 1. The van der Waals surface area contributed by atoms with Crippen molar-refractivity contribution in [1.82, 2.24) is 4.57 Å². The first kappa shape index (κ1) is 103. The lowest BCUT2D eigenvalue weighted by atomic mass is 9.89. The van der Waals surface area contributed by atoms with Gasteiger partial charge in [-0.25, -0.2) is 4.79 Å². The van der Waals surface area contributed by atoms with E-state index in [1.54, 1.807) is 23.5 Å². The molecule has 12 aromatic rings. The largest absolute Gasteiger partial charge is 0.447 e. The molecule has 6 saturated carbocycles. The fraction of sp³-hybridized carbons (Fsp3) is 0.463. The van der Waals surface area contributed by atoms with Gasteiger partial charge in [-0.05, 0) is 302 Å². The first-order valence-electron chi connectivity index (χ1n) is 50.6. The number of aromatic nitrogens is 1. The molecule has 2 aromatic heterocycles. The molecule has 12 heteroatoms. The van der Waals surface area contributed by atoms with E-state index in [4.69, 9.17) is 37.9 Å². The van der Waals surface area contributed by atoms with Crippen molar-refractivity contribution in [2.75, 3.05) is 38.4 Å². The Morgan fingerprint density at radius 2 is 0.842 bits per heavy atom. The summed E-state index contributed by atoms with van der Waals surface area (Å²) in [6, 6.07) is 98.6. The number of ether oxygens (including phenoxy) is 8. The van der Waals surface area contributed by atoms with E-state index in [9.17, 15) is 4.79 Å². The minimum atomic E-state index is -0.467. The predicted octanol–water partition coefficient (Wildman–Crippen LogP) is 30.1. The predicted molar refractivity (Wildman–Crippen MR) is 555 cm³/mol. The van der Waals surface area contributed by atoms with Crippen LogP contribution in [-0.4, -0.2) is 98.6 Å². The molecule has 710 valence electrons. The van der Waals surface area contributed by atoms with Gasteiger partial charge in [-0.15, -0.1) is 11.3 Å². The lowest BCUT2D eigenvalue weighted by molar-refractivity contribution is 0.00300. The van der Waals surface area contributed by atoms with Crippen LogP contribution in [0.1, 0.15) is 215 Å². The second-order valence-electron chi connectivity index (χ2n) is 39.0. The normalized spacial score (nSPS) is 19.3. The Kier molecular flexibility index (Phi) is 43.9. The minimum absolute atomic E-state index is 0.0863. The molecule has 11 nitrogen and oxygen atoms in total. The molecule has 0 radical (unpaired) electrons. The third-order valence-electron chi connectivity index (χ3n) is 27.4. The van der Waals surface area contributed by atoms with E-state index >= 15 is 0 Å². The fourth-order valence-electron chi connectivity index (χ4n) is 20.4. The number of aryl methyl sites for hydroxylation is 1. The van der Waals surface area contributed by atoms with Gasteiger partial charge in [0.1, 0.15) is 6.61 Å². The molecule has 133 heavy (non-hydrogen) atoms. The Balaban J connectivity index is 0.000000140. The molecule has 13 unspecified atom stereocenters. The quantitative estimate of drug-likeness (QED) is 0.0384. The minimum Gasteiger partial charge on any atom is -0.447 e. The second kappa shape index (κ2) is 56.9. The van der Waals surface area contributed by atoms with Crippen LogP contribution in [0, 0.1) is 41.4 Å². The first-order valence-corrected chi connectivity index (χ1v) is 51.5. The Bertz CT molecular complexity index is 5110. The Hall–Kier alpha value is -9.31. The average Bonchev–Trinajstić information content (AvgIpc) is 1.76. The Morgan fingerprint density at radius 3 is 1.35 bits per heavy atom. The molecule has 6 fully saturated rings. The van der Waals surface area contributed by atoms with Crippen molar-refractivity contribution < 1.29 is 42.7 Å². The van der Waals surface area contributed by atoms with Crippen LogP contribution in [0.2, 0.25) is 0 Å². The van der Waals surface area contributed by atoms with Crippen molar-refractivity contribution in [3.63, 3.8) is 0 Å². The number of benzene rings is 10. The number of carbonyl (C=O) groups is 1. The smallest absolute Gasteiger partial charge is 0.411 e. The van der Waals surface area contributed by atoms with E-state index in [1.807, 2.05) is 61.5 Å². The third-order valence-corrected chi connectivity index (χ3v) is 28.3. The van der Waals surface area contributed by atoms with Crippen molar-refractivity contribution in [2.45, 2.75) is 278 Å². The summed E-state index contributed by atoms with van der Waals surface area (Å²) in [5.41, 5.74) is 12.6. The van der Waals surface area contributed by atoms with Gasteiger partial charge in [0.25, 0.3) is 0 Å². The summed E-state index contributed by atoms with van der Waals surface area (Å²) in [7, 11) is 2.11. The Morgan fingerprint density at radius 1 is 0.376 bits per heavy atom. The zero-order chi connectivity index (χ0) is 93.0. The molecule has 10 aromatic carbocycles. The average molecular weight is 1810 g/mol. The highest BCUT2D eigenvalue weighted by atomic mass is 32.1. The maximum Gasteiger partial charge on any atom is 0.411 e. The number of rotatable bonds is 36. The van der Waals surface area contributed by atoms with E-state index in [1.165, 1.54) is 186 Å². The highest BCUT2D eigenvalue weighted by Crippen LogP contribution is 2.50. The number of nitrogens with one attached hydrogen (secondary N) is 1. The summed E-state index contributed by atoms with van der Waals surface area (Å²) in [6.07, 6.45) is 35.1. The van der Waals surface area contributed by atoms with Gasteiger partial charge in [-0.3, -0.25) is 5.32 Å². The number of anilines is 1. The van der Waals surface area contributed by atoms with Crippen LogP contribution in [0.15, 0.2) is 297 Å². The van der Waals surface area contributed by atoms with Crippen LogP contribution < -0.4 is 5.32 Å². The van der Waals surface area contributed by atoms with E-state index in [-0.39, 0.29) is 24.9 Å². The maximum atomic E-state index is 11.6. The SMILES string of the molecule is CC(C)OC(C)Cc1cccc2ccccc12.CC(Cc1ccc(-c2ccccc2)cc1)OCC1CCCCC1.CC(Cc1cccc2ccccc12)OC1CCCC1.CC(Cc1ccccc1)OCC1CC2CCC1C2.CC(Cc1ccccc1)OCCOC(=O)Nc1ccccc1.CC(Cc1cccn1C)OCC1CC2CCC1C2.CC(Cc1cccs1)OCc1ccccc1. The van der Waals surface area contributed by atoms with E-state index in [0.29, 0.717) is 55.5 Å². The van der Waals surface area contributed by atoms with Crippen LogP contribution in [-0.2, 0) is 96.5 Å². The van der Waals surface area contributed by atoms with Crippen LogP contribution in [0.25, 0.3) is 32.7 Å². The third kappa shape index (κ3) is 37.0. The molecule has 0 saturated heterocycles. The highest BCUT2D eigenvalue weighted by molar-refractivity contribution is 7.09. The van der Waals surface area contributed by atoms with Crippen molar-refractivity contribution in [2.24, 2.45) is 48.5 Å². The van der Waals surface area contributed by atoms with Gasteiger partial charge in [0.15, 0.2) is 0 Å². The first-order chi connectivity index (χ1) is 64.9. The molecule has 1 N–H and O–H groups in total.